The number of thiocarbonyl (C=S) groups is 1. The largest absolute Gasteiger partial charge is 0.348 e. The summed E-state index contributed by atoms with van der Waals surface area (Å²) in [5.74, 6) is 0.491. The van der Waals surface area contributed by atoms with Crippen molar-refractivity contribution in [3.05, 3.63) is 51.2 Å². The van der Waals surface area contributed by atoms with Crippen molar-refractivity contribution in [3.8, 4) is 0 Å². The van der Waals surface area contributed by atoms with Gasteiger partial charge in [-0.2, -0.15) is 0 Å². The molecule has 33 heavy (non-hydrogen) atoms. The van der Waals surface area contributed by atoms with Gasteiger partial charge < -0.3 is 15.1 Å². The Kier molecular flexibility index (Phi) is 6.91. The Bertz CT molecular complexity index is 1070. The molecule has 1 aromatic heterocycles. The molecule has 4 rings (SSSR count). The van der Waals surface area contributed by atoms with Gasteiger partial charge in [-0.1, -0.05) is 32.0 Å². The highest BCUT2D eigenvalue weighted by molar-refractivity contribution is 7.80. The highest BCUT2D eigenvalue weighted by atomic mass is 32.1. The molecule has 0 radical (unpaired) electrons. The number of Topliss-reactive ketones (excluding diaryl/α,β-unsaturated/α-hetero) is 1. The van der Waals surface area contributed by atoms with Gasteiger partial charge in [-0.05, 0) is 79.9 Å². The quantitative estimate of drug-likeness (QED) is 0.446. The van der Waals surface area contributed by atoms with Crippen LogP contribution in [0.4, 0.5) is 5.69 Å². The third kappa shape index (κ3) is 4.99. The zero-order valence-electron chi connectivity index (χ0n) is 19.9. The average molecular weight is 484 g/mol. The van der Waals surface area contributed by atoms with Gasteiger partial charge in [0.25, 0.3) is 5.91 Å². The summed E-state index contributed by atoms with van der Waals surface area (Å²) in [5.41, 5.74) is 3.86. The number of hydrogen-bond donors (Lipinski definition) is 1. The minimum absolute atomic E-state index is 0.0125. The fourth-order valence-electron chi connectivity index (χ4n) is 5.03. The Morgan fingerprint density at radius 3 is 2.27 bits per heavy atom. The number of piperidine rings is 1. The SMILES string of the molecule is CC(=O)c1ccc(C(=O)N2CCC3(CC2)CCN(C(=S)Nc2c(C)cccc2C(C)C)C3)s1. The standard InChI is InChI=1S/C26H33N3O2S2/c1-17(2)20-7-5-6-18(3)23(20)27-25(32)29-15-12-26(16-29)10-13-28(14-11-26)24(31)22-9-8-21(33-22)19(4)30/h5-9,17H,10-16H2,1-4H3,(H,27,32). The molecular formula is C26H33N3O2S2. The molecule has 5 nitrogen and oxygen atoms in total. The maximum atomic E-state index is 12.9. The number of carbonyl (C=O) groups excluding carboxylic acids is 2. The zero-order chi connectivity index (χ0) is 23.8. The molecule has 2 fully saturated rings. The van der Waals surface area contributed by atoms with Crippen LogP contribution in [0.2, 0.25) is 0 Å². The minimum Gasteiger partial charge on any atom is -0.348 e. The zero-order valence-corrected chi connectivity index (χ0v) is 21.6. The average Bonchev–Trinajstić information content (AvgIpc) is 3.43. The van der Waals surface area contributed by atoms with Gasteiger partial charge in [0.2, 0.25) is 0 Å². The number of anilines is 1. The van der Waals surface area contributed by atoms with E-state index in [1.165, 1.54) is 22.5 Å². The molecule has 1 aromatic carbocycles. The molecule has 1 spiro atoms. The lowest BCUT2D eigenvalue weighted by atomic mass is 9.78. The van der Waals surface area contributed by atoms with Gasteiger partial charge in [0.1, 0.15) is 0 Å². The topological polar surface area (TPSA) is 52.7 Å². The molecule has 0 unspecified atom stereocenters. The van der Waals surface area contributed by atoms with Crippen molar-refractivity contribution in [2.24, 2.45) is 5.41 Å². The number of rotatable bonds is 4. The van der Waals surface area contributed by atoms with Gasteiger partial charge in [-0.3, -0.25) is 9.59 Å². The number of nitrogens with zero attached hydrogens (tertiary/aromatic N) is 2. The number of amides is 1. The van der Waals surface area contributed by atoms with E-state index in [2.05, 4.69) is 49.2 Å². The van der Waals surface area contributed by atoms with E-state index in [1.54, 1.807) is 19.1 Å². The number of thiophene rings is 1. The van der Waals surface area contributed by atoms with Crippen LogP contribution in [0.3, 0.4) is 0 Å². The minimum atomic E-state index is 0.0125. The maximum Gasteiger partial charge on any atom is 0.263 e. The lowest BCUT2D eigenvalue weighted by Crippen LogP contribution is -2.45. The molecule has 2 aliphatic rings. The second-order valence-corrected chi connectivity index (χ2v) is 11.3. The first-order chi connectivity index (χ1) is 15.7. The summed E-state index contributed by atoms with van der Waals surface area (Å²) < 4.78 is 0. The van der Waals surface area contributed by atoms with Gasteiger partial charge in [0.15, 0.2) is 10.9 Å². The molecule has 0 saturated carbocycles. The number of para-hydroxylation sites is 1. The first-order valence-electron chi connectivity index (χ1n) is 11.7. The molecule has 2 aromatic rings. The summed E-state index contributed by atoms with van der Waals surface area (Å²) >= 11 is 7.13. The summed E-state index contributed by atoms with van der Waals surface area (Å²) in [5, 5.41) is 4.35. The van der Waals surface area contributed by atoms with Crippen molar-refractivity contribution >= 4 is 46.0 Å². The van der Waals surface area contributed by atoms with Crippen molar-refractivity contribution < 1.29 is 9.59 Å². The number of benzene rings is 1. The van der Waals surface area contributed by atoms with E-state index in [0.29, 0.717) is 15.7 Å². The van der Waals surface area contributed by atoms with Gasteiger partial charge in [0.05, 0.1) is 9.75 Å². The van der Waals surface area contributed by atoms with Crippen molar-refractivity contribution in [3.63, 3.8) is 0 Å². The number of nitrogens with one attached hydrogen (secondary N) is 1. The predicted molar refractivity (Wildman–Crippen MR) is 140 cm³/mol. The first kappa shape index (κ1) is 23.9. The van der Waals surface area contributed by atoms with Gasteiger partial charge in [0, 0.05) is 31.9 Å². The molecule has 0 atom stereocenters. The van der Waals surface area contributed by atoms with Crippen LogP contribution in [0.25, 0.3) is 0 Å². The molecule has 0 aliphatic carbocycles. The van der Waals surface area contributed by atoms with Gasteiger partial charge in [-0.25, -0.2) is 0 Å². The molecular weight excluding hydrogens is 450 g/mol. The van der Waals surface area contributed by atoms with E-state index in [-0.39, 0.29) is 17.1 Å². The van der Waals surface area contributed by atoms with E-state index < -0.39 is 0 Å². The molecule has 7 heteroatoms. The van der Waals surface area contributed by atoms with E-state index in [0.717, 1.165) is 56.2 Å². The number of hydrogen-bond acceptors (Lipinski definition) is 4. The fourth-order valence-corrected chi connectivity index (χ4v) is 6.15. The van der Waals surface area contributed by atoms with Crippen LogP contribution in [-0.4, -0.2) is 52.8 Å². The van der Waals surface area contributed by atoms with Crippen molar-refractivity contribution in [1.82, 2.24) is 9.80 Å². The Labute approximate surface area is 206 Å². The summed E-state index contributed by atoms with van der Waals surface area (Å²) in [6.45, 7) is 11.5. The highest BCUT2D eigenvalue weighted by Crippen LogP contribution is 2.41. The number of ketones is 1. The van der Waals surface area contributed by atoms with Crippen LogP contribution >= 0.6 is 23.6 Å². The summed E-state index contributed by atoms with van der Waals surface area (Å²) in [6.07, 6.45) is 3.09. The van der Waals surface area contributed by atoms with Crippen molar-refractivity contribution in [2.75, 3.05) is 31.5 Å². The molecule has 0 bridgehead atoms. The lowest BCUT2D eigenvalue weighted by Gasteiger charge is -2.39. The molecule has 1 amide bonds. The Morgan fingerprint density at radius 1 is 1.03 bits per heavy atom. The van der Waals surface area contributed by atoms with Crippen LogP contribution < -0.4 is 5.32 Å². The highest BCUT2D eigenvalue weighted by Gasteiger charge is 2.42. The summed E-state index contributed by atoms with van der Waals surface area (Å²) in [7, 11) is 0. The molecule has 2 aliphatic heterocycles. The maximum absolute atomic E-state index is 12.9. The Balaban J connectivity index is 1.36. The van der Waals surface area contributed by atoms with E-state index >= 15 is 0 Å². The van der Waals surface area contributed by atoms with Crippen LogP contribution in [0.1, 0.15) is 76.4 Å². The van der Waals surface area contributed by atoms with E-state index in [1.807, 2.05) is 4.90 Å². The molecule has 2 saturated heterocycles. The van der Waals surface area contributed by atoms with Crippen LogP contribution in [0.15, 0.2) is 30.3 Å². The third-order valence-electron chi connectivity index (χ3n) is 7.16. The van der Waals surface area contributed by atoms with Gasteiger partial charge in [-0.15, -0.1) is 11.3 Å². The third-order valence-corrected chi connectivity index (χ3v) is 8.69. The Morgan fingerprint density at radius 2 is 1.67 bits per heavy atom. The van der Waals surface area contributed by atoms with E-state index in [4.69, 9.17) is 12.2 Å². The second kappa shape index (κ2) is 9.55. The van der Waals surface area contributed by atoms with Gasteiger partial charge >= 0.3 is 0 Å². The van der Waals surface area contributed by atoms with Crippen LogP contribution in [-0.2, 0) is 0 Å². The number of carbonyl (C=O) groups is 2. The monoisotopic (exact) mass is 483 g/mol. The number of likely N-dealkylation sites (tertiary alicyclic amines) is 2. The lowest BCUT2D eigenvalue weighted by molar-refractivity contribution is 0.0603. The van der Waals surface area contributed by atoms with Crippen molar-refractivity contribution in [2.45, 2.75) is 52.9 Å². The molecule has 3 heterocycles. The smallest absolute Gasteiger partial charge is 0.263 e. The van der Waals surface area contributed by atoms with Crippen LogP contribution in [0, 0.1) is 12.3 Å². The van der Waals surface area contributed by atoms with Crippen LogP contribution in [0.5, 0.6) is 0 Å². The second-order valence-electron chi connectivity index (χ2n) is 9.81. The predicted octanol–water partition coefficient (Wildman–Crippen LogP) is 5.71. The molecule has 176 valence electrons. The fraction of sp³-hybridized carbons (Fsp3) is 0.500. The number of aryl methyl sites for hydroxylation is 1. The van der Waals surface area contributed by atoms with E-state index in [9.17, 15) is 9.59 Å². The first-order valence-corrected chi connectivity index (χ1v) is 13.0. The summed E-state index contributed by atoms with van der Waals surface area (Å²) in [4.78, 5) is 30.0. The summed E-state index contributed by atoms with van der Waals surface area (Å²) in [6, 6.07) is 9.95. The normalized spacial score (nSPS) is 17.6. The Hall–Kier alpha value is -2.25. The van der Waals surface area contributed by atoms with Crippen molar-refractivity contribution in [1.29, 1.82) is 0 Å². The molecule has 1 N–H and O–H groups in total.